The third-order valence-electron chi connectivity index (χ3n) is 2.58. The van der Waals surface area contributed by atoms with Crippen LogP contribution in [0.3, 0.4) is 0 Å². The highest BCUT2D eigenvalue weighted by atomic mass is 15.2. The quantitative estimate of drug-likeness (QED) is 0.189. The highest BCUT2D eigenvalue weighted by Crippen LogP contribution is 1.86. The smallest absolute Gasteiger partial charge is 0.197 e. The number of aliphatic imine (C=N–C) groups is 4. The van der Waals surface area contributed by atoms with E-state index in [2.05, 4.69) is 44.5 Å². The van der Waals surface area contributed by atoms with E-state index >= 15 is 0 Å². The van der Waals surface area contributed by atoms with Crippen molar-refractivity contribution in [3.8, 4) is 0 Å². The zero-order chi connectivity index (χ0) is 17.5. The van der Waals surface area contributed by atoms with Gasteiger partial charge in [0.25, 0.3) is 0 Å². The Balaban J connectivity index is 4.21. The zero-order valence-corrected chi connectivity index (χ0v) is 14.0. The molecule has 0 unspecified atom stereocenters. The zero-order valence-electron chi connectivity index (χ0n) is 14.0. The molecule has 0 aromatic carbocycles. The van der Waals surface area contributed by atoms with Gasteiger partial charge in [-0.3, -0.25) is 20.6 Å². The van der Waals surface area contributed by atoms with Gasteiger partial charge in [0.2, 0.25) is 0 Å². The molecule has 0 atom stereocenters. The van der Waals surface area contributed by atoms with E-state index in [1.165, 1.54) is 0 Å². The summed E-state index contributed by atoms with van der Waals surface area (Å²) in [6, 6.07) is 0. The van der Waals surface area contributed by atoms with Crippen LogP contribution in [-0.4, -0.2) is 43.6 Å². The minimum atomic E-state index is 0.0299. The first-order valence-electron chi connectivity index (χ1n) is 7.73. The summed E-state index contributed by atoms with van der Waals surface area (Å²) in [5, 5.41) is 5.33. The molecule has 0 aliphatic carbocycles. The van der Waals surface area contributed by atoms with E-state index in [0.29, 0.717) is 13.1 Å². The molecule has 132 valence electrons. The average molecular weight is 326 g/mol. The number of hydrogen-bond donors (Lipinski definition) is 6. The largest absolute Gasteiger partial charge is 0.370 e. The molecular formula is C13H30N10. The molecule has 0 heterocycles. The number of hydrogen-bond acceptors (Lipinski definition) is 4. The highest BCUT2D eigenvalue weighted by molar-refractivity contribution is 5.98. The van der Waals surface area contributed by atoms with Crippen LogP contribution >= 0.6 is 0 Å². The highest BCUT2D eigenvalue weighted by Gasteiger charge is 1.96. The van der Waals surface area contributed by atoms with Crippen LogP contribution in [0.15, 0.2) is 20.0 Å². The van der Waals surface area contributed by atoms with Crippen LogP contribution in [0.25, 0.3) is 0 Å². The first-order valence-corrected chi connectivity index (χ1v) is 7.73. The first-order chi connectivity index (χ1) is 11.0. The molecule has 0 spiro atoms. The second kappa shape index (κ2) is 13.2. The maximum Gasteiger partial charge on any atom is 0.197 e. The van der Waals surface area contributed by atoms with Crippen LogP contribution in [0.5, 0.6) is 0 Å². The monoisotopic (exact) mass is 326 g/mol. The summed E-state index contributed by atoms with van der Waals surface area (Å²) in [6.45, 7) is 5.48. The van der Waals surface area contributed by atoms with Crippen LogP contribution in [0.2, 0.25) is 0 Å². The summed E-state index contributed by atoms with van der Waals surface area (Å²) in [4.78, 5) is 16.1. The predicted molar refractivity (Wildman–Crippen MR) is 97.2 cm³/mol. The summed E-state index contributed by atoms with van der Waals surface area (Å²) >= 11 is 0. The Labute approximate surface area is 137 Å². The van der Waals surface area contributed by atoms with Crippen molar-refractivity contribution >= 4 is 23.8 Å². The molecule has 0 bridgehead atoms. The maximum atomic E-state index is 5.65. The second-order valence-corrected chi connectivity index (χ2v) is 4.72. The minimum Gasteiger partial charge on any atom is -0.370 e. The molecule has 0 amide bonds. The third-order valence-corrected chi connectivity index (χ3v) is 2.58. The Kier molecular flexibility index (Phi) is 11.7. The van der Waals surface area contributed by atoms with Crippen molar-refractivity contribution in [1.82, 2.24) is 10.6 Å². The van der Waals surface area contributed by atoms with Crippen molar-refractivity contribution in [2.45, 2.75) is 39.5 Å². The maximum absolute atomic E-state index is 5.65. The second-order valence-electron chi connectivity index (χ2n) is 4.72. The van der Waals surface area contributed by atoms with Gasteiger partial charge in [-0.1, -0.05) is 26.7 Å². The van der Waals surface area contributed by atoms with Gasteiger partial charge in [0.1, 0.15) is 6.67 Å². The standard InChI is InChI=1S/C13H30N10/c1-3-5-7-18-10(14)22-12(16)20-9-21-13(17)23-11(15)19-8-6-4-2/h3-9H2,1-2H3,(H5,14,16,18,20,22)(H5,15,17,19,21,23). The predicted octanol–water partition coefficient (Wildman–Crippen LogP) is -1.02. The van der Waals surface area contributed by atoms with Crippen molar-refractivity contribution in [1.29, 1.82) is 0 Å². The Morgan fingerprint density at radius 2 is 1.00 bits per heavy atom. The molecule has 0 aliphatic heterocycles. The average Bonchev–Trinajstić information content (AvgIpc) is 2.47. The number of guanidine groups is 4. The van der Waals surface area contributed by atoms with Gasteiger partial charge in [0.05, 0.1) is 0 Å². The lowest BCUT2D eigenvalue weighted by Gasteiger charge is -2.05. The Morgan fingerprint density at radius 1 is 0.652 bits per heavy atom. The molecule has 0 saturated carbocycles. The summed E-state index contributed by atoms with van der Waals surface area (Å²) < 4.78 is 0. The van der Waals surface area contributed by atoms with E-state index in [0.717, 1.165) is 25.7 Å². The topological polar surface area (TPSA) is 178 Å². The van der Waals surface area contributed by atoms with Gasteiger partial charge in [-0.15, -0.1) is 0 Å². The van der Waals surface area contributed by atoms with Gasteiger partial charge < -0.3 is 22.9 Å². The van der Waals surface area contributed by atoms with Gasteiger partial charge in [0.15, 0.2) is 23.8 Å². The Bertz CT molecular complexity index is 398. The normalized spacial score (nSPS) is 14.0. The molecule has 23 heavy (non-hydrogen) atoms. The van der Waals surface area contributed by atoms with E-state index < -0.39 is 0 Å². The molecule has 0 aromatic rings. The molecule has 0 saturated heterocycles. The van der Waals surface area contributed by atoms with Gasteiger partial charge in [-0.05, 0) is 12.8 Å². The van der Waals surface area contributed by atoms with E-state index in [1.54, 1.807) is 0 Å². The fraction of sp³-hybridized carbons (Fsp3) is 0.692. The lowest BCUT2D eigenvalue weighted by Crippen LogP contribution is -2.42. The lowest BCUT2D eigenvalue weighted by atomic mass is 10.3. The van der Waals surface area contributed by atoms with Crippen LogP contribution in [-0.2, 0) is 0 Å². The van der Waals surface area contributed by atoms with Crippen LogP contribution in [0.4, 0.5) is 0 Å². The lowest BCUT2D eigenvalue weighted by molar-refractivity contribution is 0.804. The van der Waals surface area contributed by atoms with E-state index in [9.17, 15) is 0 Å². The van der Waals surface area contributed by atoms with Crippen molar-refractivity contribution in [3.05, 3.63) is 0 Å². The van der Waals surface area contributed by atoms with Crippen molar-refractivity contribution < 1.29 is 0 Å². The van der Waals surface area contributed by atoms with Gasteiger partial charge in [-0.2, -0.15) is 0 Å². The molecule has 10 N–H and O–H groups in total. The van der Waals surface area contributed by atoms with Gasteiger partial charge in [0, 0.05) is 13.1 Å². The van der Waals surface area contributed by atoms with E-state index in [4.69, 9.17) is 22.9 Å². The number of rotatable bonds is 8. The third kappa shape index (κ3) is 12.9. The summed E-state index contributed by atoms with van der Waals surface area (Å²) in [6.07, 6.45) is 4.03. The number of nitrogens with zero attached hydrogens (tertiary/aromatic N) is 4. The molecular weight excluding hydrogens is 296 g/mol. The summed E-state index contributed by atoms with van der Waals surface area (Å²) in [5.41, 5.74) is 22.6. The van der Waals surface area contributed by atoms with Gasteiger partial charge >= 0.3 is 0 Å². The summed E-state index contributed by atoms with van der Waals surface area (Å²) in [5.74, 6) is 0.678. The molecule has 0 radical (unpaired) electrons. The van der Waals surface area contributed by atoms with Crippen LogP contribution < -0.4 is 33.6 Å². The molecule has 10 heteroatoms. The fourth-order valence-corrected chi connectivity index (χ4v) is 1.32. The van der Waals surface area contributed by atoms with E-state index in [1.807, 2.05) is 0 Å². The number of unbranched alkanes of at least 4 members (excludes halogenated alkanes) is 2. The van der Waals surface area contributed by atoms with Crippen LogP contribution in [0, 0.1) is 0 Å². The van der Waals surface area contributed by atoms with Crippen molar-refractivity contribution in [2.75, 3.05) is 19.8 Å². The number of nitrogens with one attached hydrogen (secondary N) is 2. The van der Waals surface area contributed by atoms with Crippen molar-refractivity contribution in [2.24, 2.45) is 42.9 Å². The molecule has 0 rings (SSSR count). The Morgan fingerprint density at radius 3 is 1.35 bits per heavy atom. The molecule has 10 nitrogen and oxygen atoms in total. The molecule has 0 aliphatic rings. The molecule has 0 fully saturated rings. The minimum absolute atomic E-state index is 0.0299. The summed E-state index contributed by atoms with van der Waals surface area (Å²) in [7, 11) is 0. The van der Waals surface area contributed by atoms with E-state index in [-0.39, 0.29) is 30.5 Å². The Hall–Kier alpha value is -2.52. The SMILES string of the molecule is CCCCN=C(N)N/C(N)=N/C/N=C(\N)NC(N)=NCCCC. The van der Waals surface area contributed by atoms with Gasteiger partial charge in [-0.25, -0.2) is 9.98 Å². The first kappa shape index (κ1) is 20.5. The fourth-order valence-electron chi connectivity index (χ4n) is 1.32. The molecule has 0 aromatic heterocycles. The number of nitrogens with two attached hydrogens (primary N) is 4. The van der Waals surface area contributed by atoms with Crippen LogP contribution in [0.1, 0.15) is 39.5 Å². The van der Waals surface area contributed by atoms with Crippen molar-refractivity contribution in [3.63, 3.8) is 0 Å².